The molecule has 4 aromatic rings. The molecular formula is C21H14F3N3O. The first-order chi connectivity index (χ1) is 13.4. The molecular weight excluding hydrogens is 367 g/mol. The molecule has 0 spiro atoms. The Labute approximate surface area is 158 Å². The fourth-order valence-electron chi connectivity index (χ4n) is 2.91. The molecule has 28 heavy (non-hydrogen) atoms. The molecule has 0 radical (unpaired) electrons. The average Bonchev–Trinajstić information content (AvgIpc) is 3.14. The quantitative estimate of drug-likeness (QED) is 0.490. The number of aromatic hydroxyl groups is 1. The van der Waals surface area contributed by atoms with E-state index in [1.165, 1.54) is 18.2 Å². The number of imidazole rings is 1. The standard InChI is InChI=1S/C21H14F3N3O/c22-21(23,24)16-3-1-2-15(12-16)19-18(13-8-10-25-11-9-13)26-20(27-19)14-4-6-17(28)7-5-14/h1-12,28H,(H,26,27). The number of hydrogen-bond donors (Lipinski definition) is 2. The number of H-pyrrole nitrogens is 1. The molecule has 0 atom stereocenters. The number of pyridine rings is 1. The van der Waals surface area contributed by atoms with E-state index in [0.717, 1.165) is 17.7 Å². The Balaban J connectivity index is 1.89. The first-order valence-corrected chi connectivity index (χ1v) is 8.39. The van der Waals surface area contributed by atoms with Gasteiger partial charge in [-0.05, 0) is 48.5 Å². The van der Waals surface area contributed by atoms with Crippen LogP contribution in [0, 0.1) is 0 Å². The number of aromatic amines is 1. The maximum atomic E-state index is 13.2. The van der Waals surface area contributed by atoms with Gasteiger partial charge in [0.05, 0.1) is 17.0 Å². The summed E-state index contributed by atoms with van der Waals surface area (Å²) in [5, 5.41) is 9.48. The van der Waals surface area contributed by atoms with E-state index in [1.807, 2.05) is 0 Å². The molecule has 0 aliphatic heterocycles. The van der Waals surface area contributed by atoms with E-state index < -0.39 is 11.7 Å². The van der Waals surface area contributed by atoms with Crippen molar-refractivity contribution >= 4 is 0 Å². The summed E-state index contributed by atoms with van der Waals surface area (Å²) in [5.41, 5.74) is 2.06. The highest BCUT2D eigenvalue weighted by Gasteiger charge is 2.31. The predicted molar refractivity (Wildman–Crippen MR) is 99.4 cm³/mol. The van der Waals surface area contributed by atoms with Crippen molar-refractivity contribution in [2.75, 3.05) is 0 Å². The van der Waals surface area contributed by atoms with Crippen LogP contribution in [0.4, 0.5) is 13.2 Å². The molecule has 0 aliphatic rings. The second-order valence-corrected chi connectivity index (χ2v) is 6.17. The Bertz CT molecular complexity index is 1100. The van der Waals surface area contributed by atoms with E-state index in [4.69, 9.17) is 0 Å². The zero-order valence-electron chi connectivity index (χ0n) is 14.4. The van der Waals surface area contributed by atoms with Crippen molar-refractivity contribution in [3.05, 3.63) is 78.6 Å². The summed E-state index contributed by atoms with van der Waals surface area (Å²) >= 11 is 0. The van der Waals surface area contributed by atoms with Gasteiger partial charge in [0.1, 0.15) is 11.6 Å². The van der Waals surface area contributed by atoms with E-state index in [-0.39, 0.29) is 5.75 Å². The molecule has 2 N–H and O–H groups in total. The molecule has 0 aliphatic carbocycles. The van der Waals surface area contributed by atoms with Crippen LogP contribution in [0.3, 0.4) is 0 Å². The van der Waals surface area contributed by atoms with E-state index in [0.29, 0.717) is 28.3 Å². The first-order valence-electron chi connectivity index (χ1n) is 8.39. The molecule has 2 heterocycles. The lowest BCUT2D eigenvalue weighted by atomic mass is 10.0. The van der Waals surface area contributed by atoms with E-state index in [9.17, 15) is 18.3 Å². The maximum Gasteiger partial charge on any atom is 0.416 e. The van der Waals surface area contributed by atoms with Crippen molar-refractivity contribution in [2.45, 2.75) is 6.18 Å². The summed E-state index contributed by atoms with van der Waals surface area (Å²) in [4.78, 5) is 11.7. The molecule has 0 amide bonds. The third kappa shape index (κ3) is 3.46. The highest BCUT2D eigenvalue weighted by molar-refractivity contribution is 5.81. The number of hydrogen-bond acceptors (Lipinski definition) is 3. The number of aromatic nitrogens is 3. The van der Waals surface area contributed by atoms with Gasteiger partial charge in [0.2, 0.25) is 0 Å². The highest BCUT2D eigenvalue weighted by atomic mass is 19.4. The summed E-state index contributed by atoms with van der Waals surface area (Å²) in [6.07, 6.45) is -1.24. The van der Waals surface area contributed by atoms with Crippen LogP contribution < -0.4 is 0 Å². The summed E-state index contributed by atoms with van der Waals surface area (Å²) in [6, 6.07) is 15.0. The van der Waals surface area contributed by atoms with Crippen LogP contribution in [0.1, 0.15) is 5.56 Å². The van der Waals surface area contributed by atoms with Gasteiger partial charge in [0, 0.05) is 29.1 Å². The monoisotopic (exact) mass is 381 g/mol. The molecule has 2 aromatic carbocycles. The molecule has 2 aromatic heterocycles. The third-order valence-corrected chi connectivity index (χ3v) is 4.28. The zero-order valence-corrected chi connectivity index (χ0v) is 14.4. The Kier molecular flexibility index (Phi) is 4.35. The SMILES string of the molecule is Oc1ccc(-c2nc(-c3ccncc3)c(-c3cccc(C(F)(F)F)c3)[nH]2)cc1. The molecule has 4 nitrogen and oxygen atoms in total. The molecule has 7 heteroatoms. The van der Waals surface area contributed by atoms with Gasteiger partial charge in [0.15, 0.2) is 0 Å². The number of nitrogens with one attached hydrogen (secondary N) is 1. The lowest BCUT2D eigenvalue weighted by molar-refractivity contribution is -0.137. The molecule has 0 saturated carbocycles. The van der Waals surface area contributed by atoms with Crippen molar-refractivity contribution < 1.29 is 18.3 Å². The van der Waals surface area contributed by atoms with Crippen LogP contribution in [-0.4, -0.2) is 20.1 Å². The van der Waals surface area contributed by atoms with Crippen LogP contribution in [0.5, 0.6) is 5.75 Å². The molecule has 0 fully saturated rings. The topological polar surface area (TPSA) is 61.8 Å². The number of phenols is 1. The number of phenolic OH excluding ortho intramolecular Hbond substituents is 1. The van der Waals surface area contributed by atoms with Crippen LogP contribution in [0.15, 0.2) is 73.1 Å². The van der Waals surface area contributed by atoms with Gasteiger partial charge < -0.3 is 10.1 Å². The second kappa shape index (κ2) is 6.84. The minimum Gasteiger partial charge on any atom is -0.508 e. The van der Waals surface area contributed by atoms with Gasteiger partial charge in [-0.1, -0.05) is 12.1 Å². The lowest BCUT2D eigenvalue weighted by Crippen LogP contribution is -2.04. The predicted octanol–water partition coefficient (Wildman–Crippen LogP) is 5.53. The van der Waals surface area contributed by atoms with Crippen LogP contribution >= 0.6 is 0 Å². The van der Waals surface area contributed by atoms with E-state index >= 15 is 0 Å². The fourth-order valence-corrected chi connectivity index (χ4v) is 2.91. The molecule has 0 bridgehead atoms. The number of benzene rings is 2. The smallest absolute Gasteiger partial charge is 0.416 e. The average molecular weight is 381 g/mol. The Morgan fingerprint density at radius 1 is 0.821 bits per heavy atom. The molecule has 140 valence electrons. The number of alkyl halides is 3. The van der Waals surface area contributed by atoms with Gasteiger partial charge >= 0.3 is 6.18 Å². The summed E-state index contributed by atoms with van der Waals surface area (Å²) in [7, 11) is 0. The van der Waals surface area contributed by atoms with Crippen molar-refractivity contribution in [3.63, 3.8) is 0 Å². The number of nitrogens with zero attached hydrogens (tertiary/aromatic N) is 2. The van der Waals surface area contributed by atoms with Gasteiger partial charge in [-0.2, -0.15) is 13.2 Å². The van der Waals surface area contributed by atoms with Crippen molar-refractivity contribution in [1.29, 1.82) is 0 Å². The number of halogens is 3. The van der Waals surface area contributed by atoms with Crippen LogP contribution in [-0.2, 0) is 6.18 Å². The largest absolute Gasteiger partial charge is 0.508 e. The minimum absolute atomic E-state index is 0.114. The molecule has 0 saturated heterocycles. The Morgan fingerprint density at radius 3 is 2.21 bits per heavy atom. The van der Waals surface area contributed by atoms with Crippen LogP contribution in [0.25, 0.3) is 33.9 Å². The normalized spacial score (nSPS) is 11.5. The van der Waals surface area contributed by atoms with Crippen molar-refractivity contribution in [2.24, 2.45) is 0 Å². The fraction of sp³-hybridized carbons (Fsp3) is 0.0476. The first kappa shape index (κ1) is 17.8. The van der Waals surface area contributed by atoms with Gasteiger partial charge in [-0.3, -0.25) is 4.98 Å². The lowest BCUT2D eigenvalue weighted by Gasteiger charge is -2.09. The minimum atomic E-state index is -4.44. The van der Waals surface area contributed by atoms with E-state index in [2.05, 4.69) is 15.0 Å². The van der Waals surface area contributed by atoms with Gasteiger partial charge in [-0.15, -0.1) is 0 Å². The maximum absolute atomic E-state index is 13.2. The van der Waals surface area contributed by atoms with Gasteiger partial charge in [-0.25, -0.2) is 4.98 Å². The van der Waals surface area contributed by atoms with Crippen molar-refractivity contribution in [1.82, 2.24) is 15.0 Å². The third-order valence-electron chi connectivity index (χ3n) is 4.28. The number of rotatable bonds is 3. The Hall–Kier alpha value is -3.61. The van der Waals surface area contributed by atoms with E-state index in [1.54, 1.807) is 42.7 Å². The van der Waals surface area contributed by atoms with Crippen LogP contribution in [0.2, 0.25) is 0 Å². The summed E-state index contributed by atoms with van der Waals surface area (Å²) < 4.78 is 39.5. The summed E-state index contributed by atoms with van der Waals surface area (Å²) in [6.45, 7) is 0. The van der Waals surface area contributed by atoms with Crippen molar-refractivity contribution in [3.8, 4) is 39.7 Å². The second-order valence-electron chi connectivity index (χ2n) is 6.17. The Morgan fingerprint density at radius 2 is 1.54 bits per heavy atom. The molecule has 0 unspecified atom stereocenters. The summed E-state index contributed by atoms with van der Waals surface area (Å²) in [5.74, 6) is 0.599. The zero-order chi connectivity index (χ0) is 19.7. The highest BCUT2D eigenvalue weighted by Crippen LogP contribution is 2.36. The van der Waals surface area contributed by atoms with Gasteiger partial charge in [0.25, 0.3) is 0 Å². The molecule has 4 rings (SSSR count).